The van der Waals surface area contributed by atoms with Crippen LogP contribution in [0.1, 0.15) is 136 Å². The van der Waals surface area contributed by atoms with Crippen molar-refractivity contribution in [2.75, 3.05) is 13.2 Å². The van der Waals surface area contributed by atoms with Gasteiger partial charge in [-0.05, 0) is 125 Å². The third-order valence-electron chi connectivity index (χ3n) is 8.58. The van der Waals surface area contributed by atoms with Crippen LogP contribution in [0.4, 0.5) is 0 Å². The number of nitrogens with zero attached hydrogens (tertiary/aromatic N) is 2. The first-order valence-corrected chi connectivity index (χ1v) is 17.4. The first-order valence-electron chi connectivity index (χ1n) is 16.6. The molecule has 5 heteroatoms. The molecule has 2 aromatic carbocycles. The molecular weight excluding hydrogens is 575 g/mol. The van der Waals surface area contributed by atoms with Gasteiger partial charge in [0.2, 0.25) is 11.4 Å². The summed E-state index contributed by atoms with van der Waals surface area (Å²) in [7, 11) is 0. The van der Waals surface area contributed by atoms with Crippen LogP contribution in [-0.4, -0.2) is 17.9 Å². The van der Waals surface area contributed by atoms with Crippen LogP contribution in [0.5, 0.6) is 0 Å². The minimum atomic E-state index is 0.708. The van der Waals surface area contributed by atoms with Crippen LogP contribution < -0.4 is 0 Å². The van der Waals surface area contributed by atoms with Crippen LogP contribution in [0.25, 0.3) is 16.9 Å². The number of allylic oxidation sites excluding steroid dienone is 2. The van der Waals surface area contributed by atoms with Crippen LogP contribution >= 0.6 is 0 Å². The molecule has 0 fully saturated rings. The fourth-order valence-electron chi connectivity index (χ4n) is 5.67. The van der Waals surface area contributed by atoms with E-state index < -0.39 is 0 Å². The van der Waals surface area contributed by atoms with Gasteiger partial charge >= 0.3 is 49.9 Å². The van der Waals surface area contributed by atoms with Crippen LogP contribution in [-0.2, 0) is 22.8 Å². The Morgan fingerprint density at radius 3 is 1.33 bits per heavy atom. The predicted molar refractivity (Wildman–Crippen MR) is 180 cm³/mol. The average molecular weight is 634 g/mol. The van der Waals surface area contributed by atoms with Crippen molar-refractivity contribution in [1.29, 1.82) is 0 Å². The molecule has 4 nitrogen and oxygen atoms in total. The Morgan fingerprint density at radius 1 is 0.558 bits per heavy atom. The topological polar surface area (TPSA) is 43.8 Å². The van der Waals surface area contributed by atoms with Gasteiger partial charge in [0.25, 0.3) is 0 Å². The molecule has 0 saturated carbocycles. The second kappa shape index (κ2) is 19.3. The Labute approximate surface area is 270 Å². The van der Waals surface area contributed by atoms with Gasteiger partial charge in [-0.2, -0.15) is 0 Å². The first-order chi connectivity index (χ1) is 20.6. The van der Waals surface area contributed by atoms with Crippen molar-refractivity contribution in [2.45, 2.75) is 133 Å². The molecule has 43 heavy (non-hydrogen) atoms. The molecule has 3 rings (SSSR count). The van der Waals surface area contributed by atoms with Gasteiger partial charge < -0.3 is 5.53 Å². The van der Waals surface area contributed by atoms with Crippen molar-refractivity contribution in [3.63, 3.8) is 0 Å². The van der Waals surface area contributed by atoms with Crippen molar-refractivity contribution in [2.24, 2.45) is 0 Å². The summed E-state index contributed by atoms with van der Waals surface area (Å²) in [5, 5.41) is 0. The molecule has 1 aliphatic heterocycles. The fraction of sp³-hybridized carbons (Fsp3) is 0.579. The SMILES string of the molecule is CCCCCCCCC1=C(c2cc(C)c(C)c(C)c2)[N+](=[N-])C(c2cc(C)c(C)c(C)c2)=C1CCCC.CC[O][Ni][O]CC. The van der Waals surface area contributed by atoms with Crippen molar-refractivity contribution >= 4 is 11.4 Å². The van der Waals surface area contributed by atoms with E-state index in [0.29, 0.717) is 13.2 Å². The van der Waals surface area contributed by atoms with E-state index in [-0.39, 0.29) is 0 Å². The Kier molecular flexibility index (Phi) is 16.7. The third kappa shape index (κ3) is 10.5. The molecule has 2 aromatic rings. The second-order valence-corrected chi connectivity index (χ2v) is 12.6. The Morgan fingerprint density at radius 2 is 0.930 bits per heavy atom. The van der Waals surface area contributed by atoms with E-state index in [2.05, 4.69) is 79.7 Å². The van der Waals surface area contributed by atoms with Gasteiger partial charge in [0, 0.05) is 22.3 Å². The zero-order valence-electron chi connectivity index (χ0n) is 28.8. The zero-order valence-corrected chi connectivity index (χ0v) is 29.8. The molecule has 242 valence electrons. The molecule has 1 heterocycles. The van der Waals surface area contributed by atoms with E-state index in [1.54, 1.807) is 4.70 Å². The summed E-state index contributed by atoms with van der Waals surface area (Å²) >= 11 is 0.899. The summed E-state index contributed by atoms with van der Waals surface area (Å²) in [6, 6.07) is 9.08. The van der Waals surface area contributed by atoms with Gasteiger partial charge in [-0.3, -0.25) is 0 Å². The fourth-order valence-corrected chi connectivity index (χ4v) is 5.98. The maximum atomic E-state index is 11.9. The number of hydrogen-bond acceptors (Lipinski definition) is 2. The molecule has 0 bridgehead atoms. The van der Waals surface area contributed by atoms with Crippen molar-refractivity contribution in [3.05, 3.63) is 85.5 Å². The monoisotopic (exact) mass is 632 g/mol. The van der Waals surface area contributed by atoms with Gasteiger partial charge in [0.1, 0.15) is 0 Å². The Hall–Kier alpha value is -2.07. The van der Waals surface area contributed by atoms with Crippen molar-refractivity contribution in [1.82, 2.24) is 0 Å². The second-order valence-electron chi connectivity index (χ2n) is 11.9. The van der Waals surface area contributed by atoms with Gasteiger partial charge in [-0.1, -0.05) is 52.4 Å². The number of rotatable bonds is 16. The molecule has 1 aliphatic rings. The molecule has 0 saturated heterocycles. The Balaban J connectivity index is 0.000000821. The van der Waals surface area contributed by atoms with Crippen LogP contribution in [0.3, 0.4) is 0 Å². The van der Waals surface area contributed by atoms with E-state index in [9.17, 15) is 5.53 Å². The molecule has 0 amide bonds. The molecule has 0 aliphatic carbocycles. The third-order valence-corrected chi connectivity index (χ3v) is 9.38. The number of hydrogen-bond donors (Lipinski definition) is 0. The average Bonchev–Trinajstić information content (AvgIpc) is 3.25. The molecule has 0 radical (unpaired) electrons. The van der Waals surface area contributed by atoms with Crippen LogP contribution in [0, 0.1) is 41.5 Å². The summed E-state index contributed by atoms with van der Waals surface area (Å²) in [6.07, 6.45) is 12.0. The van der Waals surface area contributed by atoms with E-state index in [0.717, 1.165) is 63.3 Å². The summed E-state index contributed by atoms with van der Waals surface area (Å²) in [6.45, 7) is 22.9. The van der Waals surface area contributed by atoms with Crippen molar-refractivity contribution in [3.8, 4) is 0 Å². The quantitative estimate of drug-likeness (QED) is 0.105. The summed E-state index contributed by atoms with van der Waals surface area (Å²) in [5.41, 5.74) is 26.7. The van der Waals surface area contributed by atoms with Crippen LogP contribution in [0.2, 0.25) is 0 Å². The van der Waals surface area contributed by atoms with E-state index in [4.69, 9.17) is 7.76 Å². The van der Waals surface area contributed by atoms with Gasteiger partial charge in [0.05, 0.1) is 0 Å². The summed E-state index contributed by atoms with van der Waals surface area (Å²) in [4.78, 5) is 0. The Bertz CT molecular complexity index is 1220. The molecule has 0 N–H and O–H groups in total. The number of benzene rings is 2. The number of aryl methyl sites for hydroxylation is 4. The molecular formula is C38H58N2NiO2. The molecule has 0 spiro atoms. The van der Waals surface area contributed by atoms with Gasteiger partial charge in [0.15, 0.2) is 0 Å². The normalized spacial score (nSPS) is 13.3. The summed E-state index contributed by atoms with van der Waals surface area (Å²) < 4.78 is 11.1. The van der Waals surface area contributed by atoms with E-state index in [1.165, 1.54) is 83.1 Å². The summed E-state index contributed by atoms with van der Waals surface area (Å²) in [5.74, 6) is 0. The van der Waals surface area contributed by atoms with E-state index in [1.807, 2.05) is 13.8 Å². The maximum absolute atomic E-state index is 11.9. The molecule has 0 aromatic heterocycles. The van der Waals surface area contributed by atoms with E-state index >= 15 is 0 Å². The molecule has 0 unspecified atom stereocenters. The number of unbranched alkanes of at least 4 members (excludes halogenated alkanes) is 6. The minimum absolute atomic E-state index is 0.708. The van der Waals surface area contributed by atoms with Gasteiger partial charge in [-0.25, -0.2) is 4.70 Å². The first kappa shape index (κ1) is 37.1. The van der Waals surface area contributed by atoms with Gasteiger partial charge in [-0.15, -0.1) is 0 Å². The van der Waals surface area contributed by atoms with Crippen molar-refractivity contribution < 1.29 is 27.5 Å². The standard InChI is InChI=1S/C34H48N2.2C2H5O.Ni/c1-9-11-13-14-15-16-18-32-31(17-12-10-2)33(29-19-23(3)27(7)24(4)20-29)36(35)34(32)30-21-25(5)28(8)26(6)22-30;2*1-2-3;/h19-22H,9-18H2,1-8H3;2*2H2,1H3;/q;2*-1;+2. The predicted octanol–water partition coefficient (Wildman–Crippen LogP) is 11.6. The van der Waals surface area contributed by atoms with Crippen LogP contribution in [0.15, 0.2) is 35.4 Å². The molecule has 0 atom stereocenters. The zero-order chi connectivity index (χ0) is 31.9.